The monoisotopic (exact) mass is 194 g/mol. The number of alkyl halides is 2. The van der Waals surface area contributed by atoms with Crippen molar-refractivity contribution < 1.29 is 18.3 Å². The van der Waals surface area contributed by atoms with Gasteiger partial charge in [0.1, 0.15) is 11.8 Å². The normalized spacial score (nSPS) is 16.5. The summed E-state index contributed by atoms with van der Waals surface area (Å²) in [5, 5.41) is 0. The lowest BCUT2D eigenvalue weighted by molar-refractivity contribution is -0.163. The summed E-state index contributed by atoms with van der Waals surface area (Å²) in [6.45, 7) is 6.30. The summed E-state index contributed by atoms with van der Waals surface area (Å²) in [4.78, 5) is 10.9. The maximum atomic E-state index is 12.9. The van der Waals surface area contributed by atoms with Crippen LogP contribution < -0.4 is 0 Å². The van der Waals surface area contributed by atoms with Gasteiger partial charge in [-0.2, -0.15) is 0 Å². The van der Waals surface area contributed by atoms with E-state index in [2.05, 4.69) is 4.74 Å². The number of carbonyl (C=O) groups is 1. The molecule has 0 aromatic heterocycles. The molecule has 78 valence electrons. The SMILES string of the molecule is CCC(F)C(F)C(=O)OC(C)(C)C. The lowest BCUT2D eigenvalue weighted by atomic mass is 10.1. The molecule has 0 spiro atoms. The highest BCUT2D eigenvalue weighted by molar-refractivity contribution is 5.75. The Morgan fingerprint density at radius 3 is 2.15 bits per heavy atom. The van der Waals surface area contributed by atoms with E-state index in [1.165, 1.54) is 6.92 Å². The Kier molecular flexibility index (Phi) is 4.30. The van der Waals surface area contributed by atoms with Crippen LogP contribution in [0.2, 0.25) is 0 Å². The molecule has 0 bridgehead atoms. The molecule has 0 fully saturated rings. The zero-order valence-electron chi connectivity index (χ0n) is 8.43. The highest BCUT2D eigenvalue weighted by Crippen LogP contribution is 2.14. The van der Waals surface area contributed by atoms with Crippen LogP contribution in [0.1, 0.15) is 34.1 Å². The standard InChI is InChI=1S/C9H16F2O2/c1-5-6(10)7(11)8(12)13-9(2,3)4/h6-7H,5H2,1-4H3. The maximum Gasteiger partial charge on any atom is 0.344 e. The van der Waals surface area contributed by atoms with Gasteiger partial charge in [0.2, 0.25) is 6.17 Å². The quantitative estimate of drug-likeness (QED) is 0.645. The average molecular weight is 194 g/mol. The van der Waals surface area contributed by atoms with Gasteiger partial charge in [0, 0.05) is 0 Å². The van der Waals surface area contributed by atoms with Crippen molar-refractivity contribution in [3.05, 3.63) is 0 Å². The van der Waals surface area contributed by atoms with Gasteiger partial charge in [-0.1, -0.05) is 6.92 Å². The van der Waals surface area contributed by atoms with Crippen molar-refractivity contribution in [2.75, 3.05) is 0 Å². The molecular weight excluding hydrogens is 178 g/mol. The fraction of sp³-hybridized carbons (Fsp3) is 0.889. The van der Waals surface area contributed by atoms with Crippen LogP contribution in [0.15, 0.2) is 0 Å². The second kappa shape index (κ2) is 4.53. The van der Waals surface area contributed by atoms with Crippen molar-refractivity contribution in [2.24, 2.45) is 0 Å². The summed E-state index contributed by atoms with van der Waals surface area (Å²) < 4.78 is 30.2. The van der Waals surface area contributed by atoms with E-state index in [-0.39, 0.29) is 6.42 Å². The Hall–Kier alpha value is -0.670. The highest BCUT2D eigenvalue weighted by Gasteiger charge is 2.31. The third kappa shape index (κ3) is 4.80. The zero-order valence-corrected chi connectivity index (χ0v) is 8.43. The van der Waals surface area contributed by atoms with Gasteiger partial charge in [-0.25, -0.2) is 13.6 Å². The molecule has 4 heteroatoms. The third-order valence-corrected chi connectivity index (χ3v) is 1.34. The van der Waals surface area contributed by atoms with E-state index >= 15 is 0 Å². The van der Waals surface area contributed by atoms with Crippen LogP contribution in [0.4, 0.5) is 8.78 Å². The molecule has 0 aromatic rings. The van der Waals surface area contributed by atoms with E-state index in [1.807, 2.05) is 0 Å². The van der Waals surface area contributed by atoms with Gasteiger partial charge in [0.15, 0.2) is 0 Å². The van der Waals surface area contributed by atoms with Crippen LogP contribution in [-0.2, 0) is 9.53 Å². The van der Waals surface area contributed by atoms with Gasteiger partial charge in [-0.3, -0.25) is 0 Å². The van der Waals surface area contributed by atoms with Crippen LogP contribution in [0, 0.1) is 0 Å². The summed E-state index contributed by atoms with van der Waals surface area (Å²) >= 11 is 0. The predicted molar refractivity (Wildman–Crippen MR) is 45.9 cm³/mol. The molecule has 0 N–H and O–H groups in total. The molecule has 0 heterocycles. The molecule has 0 aliphatic heterocycles. The van der Waals surface area contributed by atoms with Gasteiger partial charge in [-0.15, -0.1) is 0 Å². The number of esters is 1. The smallest absolute Gasteiger partial charge is 0.344 e. The summed E-state index contributed by atoms with van der Waals surface area (Å²) in [7, 11) is 0. The van der Waals surface area contributed by atoms with Crippen LogP contribution >= 0.6 is 0 Å². The van der Waals surface area contributed by atoms with Crippen molar-refractivity contribution in [3.63, 3.8) is 0 Å². The van der Waals surface area contributed by atoms with Crippen molar-refractivity contribution in [1.82, 2.24) is 0 Å². The van der Waals surface area contributed by atoms with Crippen molar-refractivity contribution in [1.29, 1.82) is 0 Å². The molecule has 0 aliphatic carbocycles. The summed E-state index contributed by atoms with van der Waals surface area (Å²) in [6.07, 6.45) is -3.96. The van der Waals surface area contributed by atoms with Crippen molar-refractivity contribution in [3.8, 4) is 0 Å². The fourth-order valence-electron chi connectivity index (χ4n) is 0.713. The van der Waals surface area contributed by atoms with E-state index < -0.39 is 23.9 Å². The van der Waals surface area contributed by atoms with Crippen molar-refractivity contribution in [2.45, 2.75) is 52.1 Å². The van der Waals surface area contributed by atoms with Gasteiger partial charge < -0.3 is 4.74 Å². The minimum atomic E-state index is -2.16. The van der Waals surface area contributed by atoms with Gasteiger partial charge in [0.05, 0.1) is 0 Å². The van der Waals surface area contributed by atoms with Gasteiger partial charge in [0.25, 0.3) is 0 Å². The Bertz CT molecular complexity index is 175. The van der Waals surface area contributed by atoms with Crippen LogP contribution in [0.5, 0.6) is 0 Å². The zero-order chi connectivity index (χ0) is 10.6. The third-order valence-electron chi connectivity index (χ3n) is 1.34. The Morgan fingerprint density at radius 2 is 1.85 bits per heavy atom. The van der Waals surface area contributed by atoms with Gasteiger partial charge >= 0.3 is 5.97 Å². The Morgan fingerprint density at radius 1 is 1.38 bits per heavy atom. The molecule has 0 saturated heterocycles. The van der Waals surface area contributed by atoms with Crippen LogP contribution in [0.3, 0.4) is 0 Å². The largest absolute Gasteiger partial charge is 0.458 e. The highest BCUT2D eigenvalue weighted by atomic mass is 19.2. The first-order valence-corrected chi connectivity index (χ1v) is 4.29. The van der Waals surface area contributed by atoms with Crippen molar-refractivity contribution >= 4 is 5.97 Å². The number of halogens is 2. The van der Waals surface area contributed by atoms with E-state index in [4.69, 9.17) is 0 Å². The van der Waals surface area contributed by atoms with E-state index in [1.54, 1.807) is 20.8 Å². The topological polar surface area (TPSA) is 26.3 Å². The second-order valence-electron chi connectivity index (χ2n) is 3.86. The lowest BCUT2D eigenvalue weighted by Gasteiger charge is -2.21. The molecule has 0 aromatic carbocycles. The molecule has 0 saturated carbocycles. The Labute approximate surface area is 77.3 Å². The molecule has 2 nitrogen and oxygen atoms in total. The fourth-order valence-corrected chi connectivity index (χ4v) is 0.713. The number of hydrogen-bond donors (Lipinski definition) is 0. The molecule has 13 heavy (non-hydrogen) atoms. The minimum Gasteiger partial charge on any atom is -0.458 e. The maximum absolute atomic E-state index is 12.9. The summed E-state index contributed by atoms with van der Waals surface area (Å²) in [5.41, 5.74) is -0.769. The van der Waals surface area contributed by atoms with E-state index in [9.17, 15) is 13.6 Å². The van der Waals surface area contributed by atoms with Crippen LogP contribution in [-0.4, -0.2) is 23.9 Å². The first-order valence-electron chi connectivity index (χ1n) is 4.29. The molecule has 0 rings (SSSR count). The van der Waals surface area contributed by atoms with Crippen LogP contribution in [0.25, 0.3) is 0 Å². The van der Waals surface area contributed by atoms with E-state index in [0.29, 0.717) is 0 Å². The molecule has 0 aliphatic rings. The summed E-state index contributed by atoms with van der Waals surface area (Å²) in [6, 6.07) is 0. The first kappa shape index (κ1) is 12.3. The molecular formula is C9H16F2O2. The average Bonchev–Trinajstić information content (AvgIpc) is 1.98. The molecule has 0 radical (unpaired) electrons. The minimum absolute atomic E-state index is 0.0274. The summed E-state index contributed by atoms with van der Waals surface area (Å²) in [5.74, 6) is -1.12. The number of hydrogen-bond acceptors (Lipinski definition) is 2. The lowest BCUT2D eigenvalue weighted by Crippen LogP contribution is -2.34. The number of rotatable bonds is 3. The number of carbonyl (C=O) groups excluding carboxylic acids is 1. The first-order chi connectivity index (χ1) is 5.78. The predicted octanol–water partition coefficient (Wildman–Crippen LogP) is 2.41. The molecule has 2 unspecified atom stereocenters. The second-order valence-corrected chi connectivity index (χ2v) is 3.86. The van der Waals surface area contributed by atoms with Gasteiger partial charge in [-0.05, 0) is 27.2 Å². The van der Waals surface area contributed by atoms with E-state index in [0.717, 1.165) is 0 Å². The molecule has 0 amide bonds. The molecule has 2 atom stereocenters. The number of ether oxygens (including phenoxy) is 1. The Balaban J connectivity index is 4.12.